The molecule has 0 spiro atoms. The number of rotatable bonds is 6. The molecule has 0 radical (unpaired) electrons. The van der Waals surface area contributed by atoms with Gasteiger partial charge in [-0.25, -0.2) is 4.79 Å². The van der Waals surface area contributed by atoms with Gasteiger partial charge in [0, 0.05) is 30.2 Å². The van der Waals surface area contributed by atoms with Gasteiger partial charge < -0.3 is 15.2 Å². The van der Waals surface area contributed by atoms with Crippen LogP contribution in [0.15, 0.2) is 42.6 Å². The fourth-order valence-corrected chi connectivity index (χ4v) is 5.04. The first kappa shape index (κ1) is 21.2. The second-order valence-electron chi connectivity index (χ2n) is 8.79. The minimum Gasteiger partial charge on any atom is -0.361 e. The molecule has 7 heteroatoms. The van der Waals surface area contributed by atoms with Crippen molar-refractivity contribution in [2.75, 3.05) is 19.6 Å². The van der Waals surface area contributed by atoms with Gasteiger partial charge in [0.25, 0.3) is 5.91 Å². The Labute approximate surface area is 182 Å². The number of H-pyrrole nitrogens is 1. The first-order valence-electron chi connectivity index (χ1n) is 11.0. The zero-order chi connectivity index (χ0) is 22.2. The number of likely N-dealkylation sites (tertiary alicyclic amines) is 1. The van der Waals surface area contributed by atoms with Crippen molar-refractivity contribution in [3.8, 4) is 0 Å². The van der Waals surface area contributed by atoms with Gasteiger partial charge in [0.1, 0.15) is 5.54 Å². The average molecular weight is 423 g/mol. The lowest BCUT2D eigenvalue weighted by molar-refractivity contribution is -0.135. The summed E-state index contributed by atoms with van der Waals surface area (Å²) in [5.41, 5.74) is 1.93. The van der Waals surface area contributed by atoms with Crippen LogP contribution >= 0.6 is 0 Å². The number of urea groups is 1. The molecule has 7 nitrogen and oxygen atoms in total. The van der Waals surface area contributed by atoms with E-state index in [-0.39, 0.29) is 30.3 Å². The number of hydrogen-bond donors (Lipinski definition) is 2. The molecule has 2 aliphatic heterocycles. The first-order chi connectivity index (χ1) is 14.9. The number of carbonyl (C=O) groups is 3. The van der Waals surface area contributed by atoms with Gasteiger partial charge in [0.05, 0.1) is 13.0 Å². The predicted octanol–water partition coefficient (Wildman–Crippen LogP) is 3.23. The van der Waals surface area contributed by atoms with Gasteiger partial charge in [-0.05, 0) is 43.7 Å². The maximum atomic E-state index is 13.2. The minimum atomic E-state index is -0.876. The molecule has 1 atom stereocenters. The van der Waals surface area contributed by atoms with Crippen LogP contribution in [-0.2, 0) is 16.0 Å². The lowest BCUT2D eigenvalue weighted by Gasteiger charge is -2.40. The van der Waals surface area contributed by atoms with E-state index in [2.05, 4.69) is 16.9 Å². The van der Waals surface area contributed by atoms with Crippen molar-refractivity contribution in [1.29, 1.82) is 0 Å². The SMILES string of the molecule is C=C(C)CN1C(=O)N[C@@](CC)(C2CCN(C(=O)Cc3c[nH]c4ccccc34)CC2)C1=O. The summed E-state index contributed by atoms with van der Waals surface area (Å²) in [6.07, 6.45) is 4.19. The van der Waals surface area contributed by atoms with Gasteiger partial charge in [-0.3, -0.25) is 14.5 Å². The second-order valence-corrected chi connectivity index (χ2v) is 8.79. The summed E-state index contributed by atoms with van der Waals surface area (Å²) in [5, 5.41) is 4.06. The molecule has 0 unspecified atom stereocenters. The van der Waals surface area contributed by atoms with Crippen molar-refractivity contribution >= 4 is 28.7 Å². The largest absolute Gasteiger partial charge is 0.361 e. The van der Waals surface area contributed by atoms with Crippen LogP contribution in [0.25, 0.3) is 10.9 Å². The molecule has 4 rings (SSSR count). The molecule has 2 aromatic rings. The van der Waals surface area contributed by atoms with E-state index in [1.165, 1.54) is 4.90 Å². The van der Waals surface area contributed by atoms with Crippen molar-refractivity contribution in [2.45, 2.75) is 45.1 Å². The van der Waals surface area contributed by atoms with Crippen LogP contribution in [0.4, 0.5) is 4.79 Å². The molecule has 2 N–H and O–H groups in total. The Morgan fingerprint density at radius 3 is 2.61 bits per heavy atom. The quantitative estimate of drug-likeness (QED) is 0.554. The van der Waals surface area contributed by atoms with Crippen LogP contribution in [0.5, 0.6) is 0 Å². The number of piperidine rings is 1. The van der Waals surface area contributed by atoms with Gasteiger partial charge in [-0.15, -0.1) is 0 Å². The van der Waals surface area contributed by atoms with E-state index < -0.39 is 5.54 Å². The number of carbonyl (C=O) groups excluding carboxylic acids is 3. The summed E-state index contributed by atoms with van der Waals surface area (Å²) in [7, 11) is 0. The molecular weight excluding hydrogens is 392 g/mol. The maximum absolute atomic E-state index is 13.2. The molecule has 0 saturated carbocycles. The third-order valence-corrected chi connectivity index (χ3v) is 6.75. The van der Waals surface area contributed by atoms with Crippen LogP contribution in [0.1, 0.15) is 38.7 Å². The third kappa shape index (κ3) is 3.73. The predicted molar refractivity (Wildman–Crippen MR) is 119 cm³/mol. The number of nitrogens with one attached hydrogen (secondary N) is 2. The van der Waals surface area contributed by atoms with Crippen LogP contribution < -0.4 is 5.32 Å². The molecule has 4 amide bonds. The van der Waals surface area contributed by atoms with E-state index in [4.69, 9.17) is 0 Å². The van der Waals surface area contributed by atoms with Crippen LogP contribution in [0.3, 0.4) is 0 Å². The van der Waals surface area contributed by atoms with Crippen molar-refractivity contribution in [3.63, 3.8) is 0 Å². The summed E-state index contributed by atoms with van der Waals surface area (Å²) in [4.78, 5) is 45.0. The van der Waals surface area contributed by atoms with E-state index in [1.807, 2.05) is 49.2 Å². The standard InChI is InChI=1S/C24H30N4O3/c1-4-24(22(30)28(15-16(2)3)23(31)26-24)18-9-11-27(12-10-18)21(29)13-17-14-25-20-8-6-5-7-19(17)20/h5-8,14,18,25H,2,4,9-13,15H2,1,3H3,(H,26,31)/t24-/m0/s1. The number of fused-ring (bicyclic) bond motifs is 1. The number of amides is 4. The highest BCUT2D eigenvalue weighted by Crippen LogP contribution is 2.36. The van der Waals surface area contributed by atoms with Gasteiger partial charge in [0.15, 0.2) is 0 Å². The van der Waals surface area contributed by atoms with Crippen molar-refractivity contribution < 1.29 is 14.4 Å². The molecule has 31 heavy (non-hydrogen) atoms. The van der Waals surface area contributed by atoms with E-state index >= 15 is 0 Å². The van der Waals surface area contributed by atoms with Crippen LogP contribution in [0, 0.1) is 5.92 Å². The molecular formula is C24H30N4O3. The number of aromatic amines is 1. The molecule has 0 aliphatic carbocycles. The van der Waals surface area contributed by atoms with Crippen molar-refractivity contribution in [3.05, 3.63) is 48.2 Å². The summed E-state index contributed by atoms with van der Waals surface area (Å²) in [5.74, 6) is -0.0489. The normalized spacial score (nSPS) is 22.3. The Kier molecular flexibility index (Phi) is 5.60. The molecule has 2 saturated heterocycles. The van der Waals surface area contributed by atoms with Gasteiger partial charge in [-0.1, -0.05) is 37.3 Å². The monoisotopic (exact) mass is 422 g/mol. The highest BCUT2D eigenvalue weighted by atomic mass is 16.2. The van der Waals surface area contributed by atoms with Gasteiger partial charge in [-0.2, -0.15) is 0 Å². The summed E-state index contributed by atoms with van der Waals surface area (Å²) < 4.78 is 0. The number of aromatic nitrogens is 1. The van der Waals surface area contributed by atoms with E-state index in [9.17, 15) is 14.4 Å². The molecule has 2 aliphatic rings. The Balaban J connectivity index is 1.41. The Morgan fingerprint density at radius 1 is 1.23 bits per heavy atom. The molecule has 2 fully saturated rings. The van der Waals surface area contributed by atoms with Crippen molar-refractivity contribution in [1.82, 2.24) is 20.1 Å². The fourth-order valence-electron chi connectivity index (χ4n) is 5.04. The lowest BCUT2D eigenvalue weighted by atomic mass is 9.75. The fraction of sp³-hybridized carbons (Fsp3) is 0.458. The third-order valence-electron chi connectivity index (χ3n) is 6.75. The van der Waals surface area contributed by atoms with Gasteiger partial charge in [0.2, 0.25) is 5.91 Å². The average Bonchev–Trinajstić information content (AvgIpc) is 3.28. The minimum absolute atomic E-state index is 0.0150. The number of imide groups is 1. The van der Waals surface area contributed by atoms with Gasteiger partial charge >= 0.3 is 6.03 Å². The zero-order valence-corrected chi connectivity index (χ0v) is 18.2. The zero-order valence-electron chi connectivity index (χ0n) is 18.2. The van der Waals surface area contributed by atoms with Crippen LogP contribution in [-0.4, -0.2) is 57.8 Å². The number of nitrogens with zero attached hydrogens (tertiary/aromatic N) is 2. The smallest absolute Gasteiger partial charge is 0.325 e. The number of benzene rings is 1. The Bertz CT molecular complexity index is 1030. The van der Waals surface area contributed by atoms with Crippen LogP contribution in [0.2, 0.25) is 0 Å². The second kappa shape index (κ2) is 8.21. The molecule has 164 valence electrons. The summed E-state index contributed by atoms with van der Waals surface area (Å²) in [6, 6.07) is 7.64. The lowest BCUT2D eigenvalue weighted by Crippen LogP contribution is -2.56. The van der Waals surface area contributed by atoms with E-state index in [0.717, 1.165) is 22.0 Å². The maximum Gasteiger partial charge on any atom is 0.325 e. The molecule has 1 aromatic heterocycles. The summed E-state index contributed by atoms with van der Waals surface area (Å²) in [6.45, 7) is 9.02. The molecule has 3 heterocycles. The molecule has 1 aromatic carbocycles. The highest BCUT2D eigenvalue weighted by molar-refractivity contribution is 6.07. The Morgan fingerprint density at radius 2 is 1.94 bits per heavy atom. The van der Waals surface area contributed by atoms with E-state index in [0.29, 0.717) is 38.8 Å². The number of para-hydroxylation sites is 1. The summed E-state index contributed by atoms with van der Waals surface area (Å²) >= 11 is 0. The van der Waals surface area contributed by atoms with E-state index in [1.54, 1.807) is 0 Å². The Hall–Kier alpha value is -3.09. The first-order valence-corrected chi connectivity index (χ1v) is 11.0. The number of hydrogen-bond acceptors (Lipinski definition) is 3. The van der Waals surface area contributed by atoms with Crippen molar-refractivity contribution in [2.24, 2.45) is 5.92 Å². The molecule has 0 bridgehead atoms. The highest BCUT2D eigenvalue weighted by Gasteiger charge is 2.54. The topological polar surface area (TPSA) is 85.5 Å².